The van der Waals surface area contributed by atoms with Crippen LogP contribution < -0.4 is 20.2 Å². The molecule has 3 aromatic rings. The quantitative estimate of drug-likeness (QED) is 0.297. The normalized spacial score (nSPS) is 10.6. The minimum absolute atomic E-state index is 0.322. The lowest BCUT2D eigenvalue weighted by molar-refractivity contribution is -0.136. The van der Waals surface area contributed by atoms with E-state index in [0.29, 0.717) is 39.4 Å². The number of halogens is 2. The number of benzene rings is 3. The van der Waals surface area contributed by atoms with Gasteiger partial charge in [-0.05, 0) is 53.6 Å². The van der Waals surface area contributed by atoms with Crippen LogP contribution in [0.4, 0.5) is 5.69 Å². The Kier molecular flexibility index (Phi) is 8.08. The maximum Gasteiger partial charge on any atom is 0.329 e. The second-order valence-corrected chi connectivity index (χ2v) is 7.30. The fraction of sp³-hybridized carbons (Fsp3) is 0.0870. The van der Waals surface area contributed by atoms with Crippen LogP contribution >= 0.6 is 23.2 Å². The first-order valence-electron chi connectivity index (χ1n) is 9.40. The zero-order valence-electron chi connectivity index (χ0n) is 17.0. The number of methoxy groups -OCH3 is 1. The van der Waals surface area contributed by atoms with Gasteiger partial charge in [0, 0.05) is 5.02 Å². The zero-order chi connectivity index (χ0) is 22.9. The molecule has 0 unspecified atom stereocenters. The van der Waals surface area contributed by atoms with Crippen molar-refractivity contribution < 1.29 is 19.1 Å². The molecule has 0 aliphatic rings. The summed E-state index contributed by atoms with van der Waals surface area (Å²) < 4.78 is 11.2. The molecule has 2 N–H and O–H groups in total. The largest absolute Gasteiger partial charge is 0.493 e. The molecule has 0 bridgehead atoms. The maximum absolute atomic E-state index is 12.0. The molecule has 0 fully saturated rings. The second-order valence-electron chi connectivity index (χ2n) is 6.46. The van der Waals surface area contributed by atoms with E-state index < -0.39 is 11.8 Å². The van der Waals surface area contributed by atoms with Gasteiger partial charge in [-0.15, -0.1) is 0 Å². The van der Waals surface area contributed by atoms with E-state index in [1.807, 2.05) is 12.1 Å². The Morgan fingerprint density at radius 3 is 2.44 bits per heavy atom. The van der Waals surface area contributed by atoms with Gasteiger partial charge in [0.1, 0.15) is 6.61 Å². The number of ether oxygens (including phenoxy) is 2. The molecule has 0 atom stereocenters. The van der Waals surface area contributed by atoms with Gasteiger partial charge in [-0.25, -0.2) is 5.43 Å². The third-order valence-corrected chi connectivity index (χ3v) is 4.78. The third-order valence-electron chi connectivity index (χ3n) is 4.20. The van der Waals surface area contributed by atoms with Crippen molar-refractivity contribution >= 4 is 46.9 Å². The molecule has 164 valence electrons. The summed E-state index contributed by atoms with van der Waals surface area (Å²) in [6.07, 6.45) is 1.38. The van der Waals surface area contributed by atoms with E-state index >= 15 is 0 Å². The Morgan fingerprint density at radius 1 is 0.969 bits per heavy atom. The molecule has 3 aromatic carbocycles. The highest BCUT2D eigenvalue weighted by molar-refractivity contribution is 6.41. The van der Waals surface area contributed by atoms with E-state index in [4.69, 9.17) is 32.7 Å². The molecule has 0 saturated carbocycles. The summed E-state index contributed by atoms with van der Waals surface area (Å²) in [5.74, 6) is -0.789. The fourth-order valence-electron chi connectivity index (χ4n) is 2.58. The number of carbonyl (C=O) groups is 2. The van der Waals surface area contributed by atoms with Crippen LogP contribution in [0.25, 0.3) is 0 Å². The first kappa shape index (κ1) is 23.1. The molecule has 0 heterocycles. The van der Waals surface area contributed by atoms with Crippen molar-refractivity contribution in [2.75, 3.05) is 12.4 Å². The minimum atomic E-state index is -0.934. The highest BCUT2D eigenvalue weighted by Crippen LogP contribution is 2.28. The summed E-state index contributed by atoms with van der Waals surface area (Å²) in [5.41, 5.74) is 4.09. The summed E-state index contributed by atoms with van der Waals surface area (Å²) in [5, 5.41) is 7.20. The van der Waals surface area contributed by atoms with Crippen LogP contribution in [-0.2, 0) is 16.2 Å². The molecule has 0 aromatic heterocycles. The summed E-state index contributed by atoms with van der Waals surface area (Å²) in [6, 6.07) is 19.1. The van der Waals surface area contributed by atoms with E-state index in [1.54, 1.807) is 54.6 Å². The molecule has 9 heteroatoms. The summed E-state index contributed by atoms with van der Waals surface area (Å²) in [7, 11) is 1.52. The van der Waals surface area contributed by atoms with Crippen LogP contribution in [0.15, 0.2) is 71.8 Å². The number of para-hydroxylation sites is 1. The summed E-state index contributed by atoms with van der Waals surface area (Å²) in [4.78, 5) is 23.9. The Balaban J connectivity index is 1.57. The lowest BCUT2D eigenvalue weighted by Gasteiger charge is -2.11. The van der Waals surface area contributed by atoms with Gasteiger partial charge in [0.05, 0.1) is 24.0 Å². The van der Waals surface area contributed by atoms with Crippen LogP contribution in [0.5, 0.6) is 11.5 Å². The van der Waals surface area contributed by atoms with Crippen molar-refractivity contribution in [2.24, 2.45) is 5.10 Å². The maximum atomic E-state index is 12.0. The minimum Gasteiger partial charge on any atom is -0.493 e. The molecule has 7 nitrogen and oxygen atoms in total. The van der Waals surface area contributed by atoms with E-state index in [9.17, 15) is 9.59 Å². The van der Waals surface area contributed by atoms with Crippen molar-refractivity contribution in [1.82, 2.24) is 5.43 Å². The average Bonchev–Trinajstić information content (AvgIpc) is 2.80. The number of rotatable bonds is 7. The Bertz CT molecular complexity index is 1130. The molecule has 0 spiro atoms. The highest BCUT2D eigenvalue weighted by atomic mass is 35.5. The van der Waals surface area contributed by atoms with Crippen LogP contribution in [0.1, 0.15) is 11.1 Å². The van der Waals surface area contributed by atoms with Crippen LogP contribution in [0, 0.1) is 0 Å². The molecule has 2 amide bonds. The Morgan fingerprint density at radius 2 is 1.72 bits per heavy atom. The van der Waals surface area contributed by atoms with Gasteiger partial charge in [0.2, 0.25) is 0 Å². The number of amides is 2. The van der Waals surface area contributed by atoms with Gasteiger partial charge in [-0.2, -0.15) is 5.10 Å². The smallest absolute Gasteiger partial charge is 0.329 e. The summed E-state index contributed by atoms with van der Waals surface area (Å²) >= 11 is 11.8. The Hall–Kier alpha value is -3.55. The first-order valence-corrected chi connectivity index (χ1v) is 10.2. The lowest BCUT2D eigenvalue weighted by Crippen LogP contribution is -2.32. The van der Waals surface area contributed by atoms with E-state index in [-0.39, 0.29) is 0 Å². The zero-order valence-corrected chi connectivity index (χ0v) is 18.5. The number of hydrogen-bond acceptors (Lipinski definition) is 5. The van der Waals surface area contributed by atoms with Gasteiger partial charge in [0.25, 0.3) is 0 Å². The number of anilines is 1. The summed E-state index contributed by atoms with van der Waals surface area (Å²) in [6.45, 7) is 0.345. The number of hydrogen-bond donors (Lipinski definition) is 2. The van der Waals surface area contributed by atoms with Crippen molar-refractivity contribution in [3.05, 3.63) is 87.9 Å². The fourth-order valence-corrected chi connectivity index (χ4v) is 2.89. The molecule has 0 radical (unpaired) electrons. The van der Waals surface area contributed by atoms with Gasteiger partial charge < -0.3 is 14.8 Å². The van der Waals surface area contributed by atoms with E-state index in [0.717, 1.165) is 5.56 Å². The van der Waals surface area contributed by atoms with Crippen molar-refractivity contribution in [3.8, 4) is 11.5 Å². The standard InChI is InChI=1S/C23H19Cl2N3O4/c1-31-21-12-16(8-11-20(21)32-14-15-6-9-17(24)10-7-15)13-26-28-23(30)22(29)27-19-5-3-2-4-18(19)25/h2-13H,14H2,1H3,(H,27,29)(H,28,30). The third kappa shape index (κ3) is 6.47. The molecule has 32 heavy (non-hydrogen) atoms. The number of hydrazone groups is 1. The highest BCUT2D eigenvalue weighted by Gasteiger charge is 2.14. The van der Waals surface area contributed by atoms with Crippen LogP contribution in [0.2, 0.25) is 10.0 Å². The van der Waals surface area contributed by atoms with Crippen molar-refractivity contribution in [2.45, 2.75) is 6.61 Å². The average molecular weight is 472 g/mol. The first-order chi connectivity index (χ1) is 15.5. The van der Waals surface area contributed by atoms with Crippen molar-refractivity contribution in [3.63, 3.8) is 0 Å². The molecule has 3 rings (SSSR count). The van der Waals surface area contributed by atoms with Gasteiger partial charge in [-0.1, -0.05) is 47.5 Å². The predicted molar refractivity (Wildman–Crippen MR) is 125 cm³/mol. The molecule has 0 saturated heterocycles. The second kappa shape index (κ2) is 11.2. The number of nitrogens with zero attached hydrogens (tertiary/aromatic N) is 1. The van der Waals surface area contributed by atoms with E-state index in [2.05, 4.69) is 15.8 Å². The topological polar surface area (TPSA) is 89.0 Å². The molecular formula is C23H19Cl2N3O4. The monoisotopic (exact) mass is 471 g/mol. The van der Waals surface area contributed by atoms with Gasteiger partial charge >= 0.3 is 11.8 Å². The number of carbonyl (C=O) groups excluding carboxylic acids is 2. The molecular weight excluding hydrogens is 453 g/mol. The van der Waals surface area contributed by atoms with Gasteiger partial charge in [-0.3, -0.25) is 9.59 Å². The van der Waals surface area contributed by atoms with Crippen LogP contribution in [0.3, 0.4) is 0 Å². The van der Waals surface area contributed by atoms with Crippen molar-refractivity contribution in [1.29, 1.82) is 0 Å². The lowest BCUT2D eigenvalue weighted by atomic mass is 10.2. The molecule has 0 aliphatic carbocycles. The molecule has 0 aliphatic heterocycles. The Labute approximate surface area is 194 Å². The number of nitrogens with one attached hydrogen (secondary N) is 2. The SMILES string of the molecule is COc1cc(C=NNC(=O)C(=O)Nc2ccccc2Cl)ccc1OCc1ccc(Cl)cc1. The van der Waals surface area contributed by atoms with Gasteiger partial charge in [0.15, 0.2) is 11.5 Å². The predicted octanol–water partition coefficient (Wildman–Crippen LogP) is 4.67. The van der Waals surface area contributed by atoms with E-state index in [1.165, 1.54) is 13.3 Å². The van der Waals surface area contributed by atoms with Crippen LogP contribution in [-0.4, -0.2) is 25.1 Å².